The summed E-state index contributed by atoms with van der Waals surface area (Å²) in [5.74, 6) is 0.627. The Morgan fingerprint density at radius 2 is 1.96 bits per heavy atom. The number of benzene rings is 1. The second-order valence-electron chi connectivity index (χ2n) is 7.34. The second kappa shape index (κ2) is 8.79. The van der Waals surface area contributed by atoms with Gasteiger partial charge in [0.2, 0.25) is 17.6 Å². The van der Waals surface area contributed by atoms with E-state index in [2.05, 4.69) is 15.0 Å². The monoisotopic (exact) mass is 388 g/mol. The molecule has 4 rings (SSSR count). The average molecular weight is 388 g/mol. The number of halogens is 1. The molecule has 28 heavy (non-hydrogen) atoms. The van der Waals surface area contributed by atoms with Crippen molar-refractivity contribution in [2.24, 2.45) is 0 Å². The highest BCUT2D eigenvalue weighted by Gasteiger charge is 2.25. The van der Waals surface area contributed by atoms with Gasteiger partial charge in [-0.2, -0.15) is 4.98 Å². The number of amides is 1. The van der Waals surface area contributed by atoms with Crippen molar-refractivity contribution in [2.45, 2.75) is 31.8 Å². The van der Waals surface area contributed by atoms with Crippen molar-refractivity contribution < 1.29 is 18.4 Å². The maximum absolute atomic E-state index is 13.0. The number of nitrogens with zero attached hydrogens (tertiary/aromatic N) is 4. The number of carbonyl (C=O) groups is 1. The number of rotatable bonds is 6. The molecular weight excluding hydrogens is 363 g/mol. The molecule has 2 aliphatic heterocycles. The van der Waals surface area contributed by atoms with Gasteiger partial charge in [0.15, 0.2) is 0 Å². The van der Waals surface area contributed by atoms with Gasteiger partial charge in [-0.05, 0) is 37.1 Å². The summed E-state index contributed by atoms with van der Waals surface area (Å²) in [5, 5.41) is 3.91. The Hall–Kier alpha value is -2.32. The molecule has 7 nitrogen and oxygen atoms in total. The van der Waals surface area contributed by atoms with Crippen LogP contribution in [-0.2, 0) is 16.0 Å². The third kappa shape index (κ3) is 4.74. The van der Waals surface area contributed by atoms with E-state index in [0.29, 0.717) is 36.2 Å². The molecular formula is C20H25FN4O3. The van der Waals surface area contributed by atoms with Crippen molar-refractivity contribution in [2.75, 3.05) is 39.3 Å². The van der Waals surface area contributed by atoms with Crippen LogP contribution in [0.1, 0.15) is 25.2 Å². The first-order valence-corrected chi connectivity index (χ1v) is 9.87. The van der Waals surface area contributed by atoms with Gasteiger partial charge in [0, 0.05) is 57.7 Å². The smallest absolute Gasteiger partial charge is 0.227 e. The van der Waals surface area contributed by atoms with Crippen LogP contribution in [0, 0.1) is 5.82 Å². The average Bonchev–Trinajstić information content (AvgIpc) is 3.39. The molecule has 0 spiro atoms. The van der Waals surface area contributed by atoms with Crippen LogP contribution in [0.15, 0.2) is 28.8 Å². The lowest BCUT2D eigenvalue weighted by Crippen LogP contribution is -2.50. The number of aryl methyl sites for hydroxylation is 1. The van der Waals surface area contributed by atoms with Crippen LogP contribution in [0.3, 0.4) is 0 Å². The zero-order chi connectivity index (χ0) is 19.3. The third-order valence-corrected chi connectivity index (χ3v) is 5.33. The van der Waals surface area contributed by atoms with Crippen LogP contribution in [0.5, 0.6) is 0 Å². The van der Waals surface area contributed by atoms with E-state index >= 15 is 0 Å². The van der Waals surface area contributed by atoms with E-state index in [4.69, 9.17) is 9.26 Å². The van der Waals surface area contributed by atoms with E-state index in [9.17, 15) is 9.18 Å². The summed E-state index contributed by atoms with van der Waals surface area (Å²) in [6.07, 6.45) is 3.40. The topological polar surface area (TPSA) is 71.7 Å². The third-order valence-electron chi connectivity index (χ3n) is 5.33. The Balaban J connectivity index is 1.22. The number of carbonyl (C=O) groups excluding carboxylic acids is 1. The van der Waals surface area contributed by atoms with E-state index in [-0.39, 0.29) is 11.7 Å². The molecule has 0 radical (unpaired) electrons. The van der Waals surface area contributed by atoms with E-state index in [0.717, 1.165) is 52.2 Å². The first-order valence-electron chi connectivity index (χ1n) is 9.87. The van der Waals surface area contributed by atoms with E-state index < -0.39 is 0 Å². The van der Waals surface area contributed by atoms with Crippen LogP contribution < -0.4 is 0 Å². The summed E-state index contributed by atoms with van der Waals surface area (Å²) in [5.41, 5.74) is 0.685. The number of ether oxygens (including phenoxy) is 1. The fraction of sp³-hybridized carbons (Fsp3) is 0.550. The molecule has 1 unspecified atom stereocenters. The highest BCUT2D eigenvalue weighted by Crippen LogP contribution is 2.17. The maximum Gasteiger partial charge on any atom is 0.227 e. The van der Waals surface area contributed by atoms with E-state index in [1.165, 1.54) is 12.1 Å². The molecule has 0 saturated carbocycles. The predicted octanol–water partition coefficient (Wildman–Crippen LogP) is 2.13. The Labute approximate surface area is 163 Å². The van der Waals surface area contributed by atoms with Crippen molar-refractivity contribution in [3.05, 3.63) is 36.0 Å². The van der Waals surface area contributed by atoms with Crippen molar-refractivity contribution in [1.82, 2.24) is 19.9 Å². The molecule has 3 heterocycles. The van der Waals surface area contributed by atoms with Gasteiger partial charge >= 0.3 is 0 Å². The van der Waals surface area contributed by atoms with Crippen molar-refractivity contribution in [3.8, 4) is 11.4 Å². The van der Waals surface area contributed by atoms with Crippen molar-refractivity contribution in [1.29, 1.82) is 0 Å². The standard InChI is InChI=1S/C20H25FN4O3/c21-16-5-3-15(4-6-16)20-22-18(28-23-20)7-8-19(26)25-11-9-24(10-12-25)14-17-2-1-13-27-17/h3-6,17H,1-2,7-14H2. The summed E-state index contributed by atoms with van der Waals surface area (Å²) in [4.78, 5) is 21.1. The van der Waals surface area contributed by atoms with Crippen LogP contribution in [-0.4, -0.2) is 71.3 Å². The molecule has 150 valence electrons. The molecule has 2 saturated heterocycles. The summed E-state index contributed by atoms with van der Waals surface area (Å²) < 4.78 is 23.9. The second-order valence-corrected chi connectivity index (χ2v) is 7.34. The molecule has 0 N–H and O–H groups in total. The zero-order valence-electron chi connectivity index (χ0n) is 15.8. The number of piperazine rings is 1. The number of hydrogen-bond acceptors (Lipinski definition) is 6. The SMILES string of the molecule is O=C(CCc1nc(-c2ccc(F)cc2)no1)N1CCN(CC2CCCO2)CC1. The summed E-state index contributed by atoms with van der Waals surface area (Å²) >= 11 is 0. The Bertz CT molecular complexity index is 781. The van der Waals surface area contributed by atoms with Gasteiger partial charge in [-0.1, -0.05) is 5.16 Å². The first kappa shape index (κ1) is 19.0. The molecule has 2 aromatic rings. The summed E-state index contributed by atoms with van der Waals surface area (Å²) in [6.45, 7) is 5.12. The predicted molar refractivity (Wildman–Crippen MR) is 100 cm³/mol. The highest BCUT2D eigenvalue weighted by molar-refractivity contribution is 5.76. The molecule has 1 aromatic carbocycles. The quantitative estimate of drug-likeness (QED) is 0.755. The zero-order valence-corrected chi connectivity index (χ0v) is 15.8. The lowest BCUT2D eigenvalue weighted by atomic mass is 10.2. The van der Waals surface area contributed by atoms with Crippen molar-refractivity contribution >= 4 is 5.91 Å². The van der Waals surface area contributed by atoms with Crippen molar-refractivity contribution in [3.63, 3.8) is 0 Å². The Morgan fingerprint density at radius 1 is 1.18 bits per heavy atom. The number of hydrogen-bond donors (Lipinski definition) is 0. The van der Waals surface area contributed by atoms with Crippen LogP contribution >= 0.6 is 0 Å². The minimum absolute atomic E-state index is 0.110. The fourth-order valence-electron chi connectivity index (χ4n) is 3.70. The van der Waals surface area contributed by atoms with Gasteiger partial charge < -0.3 is 14.2 Å². The Morgan fingerprint density at radius 3 is 2.68 bits per heavy atom. The minimum Gasteiger partial charge on any atom is -0.377 e. The molecule has 0 bridgehead atoms. The van der Waals surface area contributed by atoms with Gasteiger partial charge in [-0.3, -0.25) is 9.69 Å². The highest BCUT2D eigenvalue weighted by atomic mass is 19.1. The number of aromatic nitrogens is 2. The van der Waals surface area contributed by atoms with Gasteiger partial charge in [-0.25, -0.2) is 4.39 Å². The van der Waals surface area contributed by atoms with Crippen LogP contribution in [0.4, 0.5) is 4.39 Å². The van der Waals surface area contributed by atoms with Crippen LogP contribution in [0.25, 0.3) is 11.4 Å². The van der Waals surface area contributed by atoms with E-state index in [1.807, 2.05) is 4.90 Å². The molecule has 2 aliphatic rings. The van der Waals surface area contributed by atoms with E-state index in [1.54, 1.807) is 12.1 Å². The van der Waals surface area contributed by atoms with Gasteiger partial charge in [0.05, 0.1) is 6.10 Å². The largest absolute Gasteiger partial charge is 0.377 e. The summed E-state index contributed by atoms with van der Waals surface area (Å²) in [7, 11) is 0. The molecule has 8 heteroatoms. The molecule has 1 amide bonds. The molecule has 2 fully saturated rings. The fourth-order valence-corrected chi connectivity index (χ4v) is 3.70. The van der Waals surface area contributed by atoms with Gasteiger partial charge in [-0.15, -0.1) is 0 Å². The molecule has 1 aromatic heterocycles. The minimum atomic E-state index is -0.311. The van der Waals surface area contributed by atoms with Gasteiger partial charge in [0.1, 0.15) is 5.82 Å². The lowest BCUT2D eigenvalue weighted by Gasteiger charge is -2.35. The first-order chi connectivity index (χ1) is 13.7. The molecule has 0 aliphatic carbocycles. The lowest BCUT2D eigenvalue weighted by molar-refractivity contribution is -0.133. The van der Waals surface area contributed by atoms with Gasteiger partial charge in [0.25, 0.3) is 0 Å². The maximum atomic E-state index is 13.0. The van der Waals surface area contributed by atoms with Crippen LogP contribution in [0.2, 0.25) is 0 Å². The summed E-state index contributed by atoms with van der Waals surface area (Å²) in [6, 6.07) is 5.91. The normalized spacial score (nSPS) is 20.6. The molecule has 1 atom stereocenters. The Kier molecular flexibility index (Phi) is 5.97.